The Morgan fingerprint density at radius 3 is 2.71 bits per heavy atom. The van der Waals surface area contributed by atoms with E-state index >= 15 is 0 Å². The minimum atomic E-state index is 0.567. The molecule has 5 heteroatoms. The van der Waals surface area contributed by atoms with E-state index in [0.29, 0.717) is 5.95 Å². The van der Waals surface area contributed by atoms with E-state index in [1.165, 1.54) is 11.1 Å². The van der Waals surface area contributed by atoms with Gasteiger partial charge in [0.2, 0.25) is 5.95 Å². The molecule has 0 spiro atoms. The van der Waals surface area contributed by atoms with Gasteiger partial charge in [-0.05, 0) is 37.6 Å². The van der Waals surface area contributed by atoms with Crippen molar-refractivity contribution in [2.24, 2.45) is 0 Å². The highest BCUT2D eigenvalue weighted by molar-refractivity contribution is 9.10. The van der Waals surface area contributed by atoms with Gasteiger partial charge in [-0.25, -0.2) is 0 Å². The zero-order chi connectivity index (χ0) is 14.8. The van der Waals surface area contributed by atoms with E-state index in [2.05, 4.69) is 62.4 Å². The molecular formula is C16H15BrN4. The molecule has 21 heavy (non-hydrogen) atoms. The quantitative estimate of drug-likeness (QED) is 0.731. The number of aromatic amines is 1. The number of hydrogen-bond acceptors (Lipinski definition) is 3. The summed E-state index contributed by atoms with van der Waals surface area (Å²) in [6.45, 7) is 4.14. The lowest BCUT2D eigenvalue weighted by Crippen LogP contribution is -1.95. The number of aromatic nitrogens is 3. The Morgan fingerprint density at radius 1 is 1.10 bits per heavy atom. The minimum absolute atomic E-state index is 0.567. The summed E-state index contributed by atoms with van der Waals surface area (Å²) in [5, 5.41) is 10.4. The average molecular weight is 343 g/mol. The van der Waals surface area contributed by atoms with Crippen LogP contribution in [0.4, 0.5) is 11.6 Å². The highest BCUT2D eigenvalue weighted by atomic mass is 79.9. The van der Waals surface area contributed by atoms with Gasteiger partial charge in [-0.1, -0.05) is 45.8 Å². The third-order valence-corrected chi connectivity index (χ3v) is 3.71. The molecule has 2 aromatic carbocycles. The van der Waals surface area contributed by atoms with Crippen molar-refractivity contribution in [2.45, 2.75) is 13.8 Å². The van der Waals surface area contributed by atoms with E-state index in [0.717, 1.165) is 21.5 Å². The van der Waals surface area contributed by atoms with Gasteiger partial charge < -0.3 is 5.32 Å². The summed E-state index contributed by atoms with van der Waals surface area (Å²) in [5.74, 6) is 1.31. The first kappa shape index (κ1) is 13.8. The molecule has 0 atom stereocenters. The van der Waals surface area contributed by atoms with Crippen molar-refractivity contribution in [1.82, 2.24) is 15.2 Å². The third-order valence-electron chi connectivity index (χ3n) is 3.21. The number of nitrogens with zero attached hydrogens (tertiary/aromatic N) is 2. The maximum absolute atomic E-state index is 4.48. The second kappa shape index (κ2) is 5.69. The van der Waals surface area contributed by atoms with Gasteiger partial charge in [0.15, 0.2) is 5.82 Å². The maximum atomic E-state index is 4.48. The fourth-order valence-corrected chi connectivity index (χ4v) is 2.56. The van der Waals surface area contributed by atoms with Crippen LogP contribution in [0.3, 0.4) is 0 Å². The molecule has 0 aliphatic rings. The minimum Gasteiger partial charge on any atom is -0.323 e. The van der Waals surface area contributed by atoms with Crippen molar-refractivity contribution < 1.29 is 0 Å². The molecule has 0 saturated carbocycles. The normalized spacial score (nSPS) is 10.6. The van der Waals surface area contributed by atoms with E-state index in [4.69, 9.17) is 0 Å². The van der Waals surface area contributed by atoms with Gasteiger partial charge in [0.05, 0.1) is 0 Å². The van der Waals surface area contributed by atoms with Crippen LogP contribution >= 0.6 is 15.9 Å². The Balaban J connectivity index is 1.85. The van der Waals surface area contributed by atoms with Crippen LogP contribution < -0.4 is 5.32 Å². The lowest BCUT2D eigenvalue weighted by molar-refractivity contribution is 1.10. The van der Waals surface area contributed by atoms with Crippen LogP contribution in [0.5, 0.6) is 0 Å². The van der Waals surface area contributed by atoms with Crippen LogP contribution in [0.15, 0.2) is 46.9 Å². The summed E-state index contributed by atoms with van der Waals surface area (Å²) in [6, 6.07) is 14.2. The molecule has 0 saturated heterocycles. The van der Waals surface area contributed by atoms with Crippen molar-refractivity contribution >= 4 is 27.6 Å². The largest absolute Gasteiger partial charge is 0.323 e. The molecular weight excluding hydrogens is 328 g/mol. The number of anilines is 2. The summed E-state index contributed by atoms with van der Waals surface area (Å²) >= 11 is 3.46. The van der Waals surface area contributed by atoms with Gasteiger partial charge in [0.25, 0.3) is 0 Å². The predicted molar refractivity (Wildman–Crippen MR) is 88.7 cm³/mol. The average Bonchev–Trinajstić information content (AvgIpc) is 2.91. The van der Waals surface area contributed by atoms with Crippen LogP contribution in [0.1, 0.15) is 11.1 Å². The Kier molecular flexibility index (Phi) is 3.75. The van der Waals surface area contributed by atoms with E-state index in [1.54, 1.807) is 0 Å². The molecule has 1 heterocycles. The first-order chi connectivity index (χ1) is 10.1. The van der Waals surface area contributed by atoms with E-state index in [9.17, 15) is 0 Å². The number of nitrogens with one attached hydrogen (secondary N) is 2. The molecule has 0 aliphatic heterocycles. The molecule has 0 unspecified atom stereocenters. The number of aryl methyl sites for hydroxylation is 2. The summed E-state index contributed by atoms with van der Waals surface area (Å²) in [6.07, 6.45) is 0. The Hall–Kier alpha value is -2.14. The lowest BCUT2D eigenvalue weighted by atomic mass is 10.1. The second-order valence-electron chi connectivity index (χ2n) is 4.96. The Labute approximate surface area is 131 Å². The van der Waals surface area contributed by atoms with Crippen LogP contribution in [0.2, 0.25) is 0 Å². The van der Waals surface area contributed by atoms with E-state index in [-0.39, 0.29) is 0 Å². The Morgan fingerprint density at radius 2 is 1.95 bits per heavy atom. The monoisotopic (exact) mass is 342 g/mol. The highest BCUT2D eigenvalue weighted by Crippen LogP contribution is 2.23. The van der Waals surface area contributed by atoms with E-state index in [1.807, 2.05) is 30.3 Å². The van der Waals surface area contributed by atoms with E-state index < -0.39 is 0 Å². The summed E-state index contributed by atoms with van der Waals surface area (Å²) in [5.41, 5.74) is 4.41. The van der Waals surface area contributed by atoms with Gasteiger partial charge in [0.1, 0.15) is 0 Å². The van der Waals surface area contributed by atoms with Gasteiger partial charge in [-0.15, -0.1) is 5.10 Å². The smallest absolute Gasteiger partial charge is 0.246 e. The molecule has 0 amide bonds. The standard InChI is InChI=1S/C16H15BrN4/c1-10-6-7-14(11(2)8-10)18-16-19-15(20-21-16)12-4-3-5-13(17)9-12/h3-9H,1-2H3,(H2,18,19,20,21). The lowest BCUT2D eigenvalue weighted by Gasteiger charge is -2.06. The summed E-state index contributed by atoms with van der Waals surface area (Å²) in [4.78, 5) is 4.48. The zero-order valence-corrected chi connectivity index (χ0v) is 13.4. The molecule has 1 aromatic heterocycles. The highest BCUT2D eigenvalue weighted by Gasteiger charge is 2.07. The second-order valence-corrected chi connectivity index (χ2v) is 5.88. The number of halogens is 1. The fourth-order valence-electron chi connectivity index (χ4n) is 2.16. The third kappa shape index (κ3) is 3.13. The Bertz CT molecular complexity index is 779. The first-order valence-corrected chi connectivity index (χ1v) is 7.44. The maximum Gasteiger partial charge on any atom is 0.246 e. The molecule has 4 nitrogen and oxygen atoms in total. The summed E-state index contributed by atoms with van der Waals surface area (Å²) < 4.78 is 1.01. The number of benzene rings is 2. The van der Waals surface area contributed by atoms with Crippen molar-refractivity contribution in [2.75, 3.05) is 5.32 Å². The first-order valence-electron chi connectivity index (χ1n) is 6.64. The van der Waals surface area contributed by atoms with Gasteiger partial charge in [0, 0.05) is 15.7 Å². The van der Waals surface area contributed by atoms with Crippen molar-refractivity contribution in [3.05, 3.63) is 58.1 Å². The summed E-state index contributed by atoms with van der Waals surface area (Å²) in [7, 11) is 0. The van der Waals surface area contributed by atoms with Crippen molar-refractivity contribution in [3.8, 4) is 11.4 Å². The molecule has 0 radical (unpaired) electrons. The zero-order valence-electron chi connectivity index (χ0n) is 11.8. The van der Waals surface area contributed by atoms with Crippen LogP contribution in [-0.4, -0.2) is 15.2 Å². The number of hydrogen-bond donors (Lipinski definition) is 2. The molecule has 0 aliphatic carbocycles. The fraction of sp³-hybridized carbons (Fsp3) is 0.125. The molecule has 3 aromatic rings. The molecule has 106 valence electrons. The van der Waals surface area contributed by atoms with Gasteiger partial charge in [-0.3, -0.25) is 5.10 Å². The van der Waals surface area contributed by atoms with Crippen molar-refractivity contribution in [3.63, 3.8) is 0 Å². The topological polar surface area (TPSA) is 53.6 Å². The van der Waals surface area contributed by atoms with Crippen LogP contribution in [-0.2, 0) is 0 Å². The molecule has 0 fully saturated rings. The number of H-pyrrole nitrogens is 1. The van der Waals surface area contributed by atoms with Crippen LogP contribution in [0.25, 0.3) is 11.4 Å². The van der Waals surface area contributed by atoms with Crippen LogP contribution in [0, 0.1) is 13.8 Å². The van der Waals surface area contributed by atoms with Gasteiger partial charge in [-0.2, -0.15) is 4.98 Å². The molecule has 0 bridgehead atoms. The van der Waals surface area contributed by atoms with Crippen molar-refractivity contribution in [1.29, 1.82) is 0 Å². The predicted octanol–water partition coefficient (Wildman–Crippen LogP) is 4.59. The molecule has 2 N–H and O–H groups in total. The number of rotatable bonds is 3. The molecule has 3 rings (SSSR count). The van der Waals surface area contributed by atoms with Gasteiger partial charge >= 0.3 is 0 Å². The SMILES string of the molecule is Cc1ccc(Nc2n[nH]c(-c3cccc(Br)c3)n2)c(C)c1.